The van der Waals surface area contributed by atoms with Gasteiger partial charge in [0.25, 0.3) is 0 Å². The molecular weight excluding hydrogens is 244 g/mol. The minimum atomic E-state index is -0.188. The van der Waals surface area contributed by atoms with E-state index in [0.717, 1.165) is 11.4 Å². The van der Waals surface area contributed by atoms with Gasteiger partial charge in [-0.05, 0) is 13.8 Å². The average molecular weight is 268 g/mol. The Bertz CT molecular complexity index is 433. The van der Waals surface area contributed by atoms with Crippen LogP contribution in [0.5, 0.6) is 17.2 Å². The van der Waals surface area contributed by atoms with Gasteiger partial charge >= 0.3 is 0 Å². The predicted molar refractivity (Wildman–Crippen MR) is 77.6 cm³/mol. The zero-order chi connectivity index (χ0) is 14.6. The molecule has 0 unspecified atom stereocenters. The van der Waals surface area contributed by atoms with Gasteiger partial charge in [-0.15, -0.1) is 0 Å². The van der Waals surface area contributed by atoms with Crippen LogP contribution >= 0.6 is 0 Å². The number of ether oxygens (including phenoxy) is 3. The van der Waals surface area contributed by atoms with Gasteiger partial charge in [0.1, 0.15) is 5.75 Å². The predicted octanol–water partition coefficient (Wildman–Crippen LogP) is 1.89. The van der Waals surface area contributed by atoms with Crippen LogP contribution in [0, 0.1) is 0 Å². The first kappa shape index (κ1) is 15.4. The van der Waals surface area contributed by atoms with Crippen molar-refractivity contribution in [2.75, 3.05) is 39.8 Å². The number of anilines is 1. The van der Waals surface area contributed by atoms with Crippen molar-refractivity contribution in [3.63, 3.8) is 0 Å². The van der Waals surface area contributed by atoms with Gasteiger partial charge < -0.3 is 24.8 Å². The van der Waals surface area contributed by atoms with Gasteiger partial charge in [0.05, 0.1) is 27.0 Å². The van der Waals surface area contributed by atoms with Gasteiger partial charge in [-0.2, -0.15) is 0 Å². The highest BCUT2D eigenvalue weighted by Crippen LogP contribution is 2.41. The minimum Gasteiger partial charge on any atom is -0.494 e. The first-order valence-electron chi connectivity index (χ1n) is 6.15. The van der Waals surface area contributed by atoms with E-state index in [2.05, 4.69) is 18.7 Å². The lowest BCUT2D eigenvalue weighted by atomic mass is 10.0. The number of hydrogen-bond donors (Lipinski definition) is 1. The summed E-state index contributed by atoms with van der Waals surface area (Å²) in [5.41, 5.74) is 6.55. The number of rotatable bonds is 6. The number of methoxy groups -OCH3 is 3. The largest absolute Gasteiger partial charge is 0.494 e. The van der Waals surface area contributed by atoms with Crippen LogP contribution in [0.2, 0.25) is 0 Å². The summed E-state index contributed by atoms with van der Waals surface area (Å²) in [5.74, 6) is 2.03. The van der Waals surface area contributed by atoms with E-state index >= 15 is 0 Å². The Morgan fingerprint density at radius 1 is 1.00 bits per heavy atom. The Morgan fingerprint density at radius 3 is 1.89 bits per heavy atom. The van der Waals surface area contributed by atoms with Crippen LogP contribution in [0.4, 0.5) is 5.69 Å². The monoisotopic (exact) mass is 268 g/mol. The SMILES string of the molecule is COc1cc(OC)c(N(C)C(C)(C)CN)cc1OC. The fourth-order valence-corrected chi connectivity index (χ4v) is 1.74. The van der Waals surface area contributed by atoms with Gasteiger partial charge in [0.2, 0.25) is 0 Å². The molecule has 0 saturated carbocycles. The number of nitrogens with zero attached hydrogens (tertiary/aromatic N) is 1. The standard InChI is InChI=1S/C14H24N2O3/c1-14(2,9-15)16(3)10-7-12(18-5)13(19-6)8-11(10)17-4/h7-8H,9,15H2,1-6H3. The molecule has 0 aromatic heterocycles. The second kappa shape index (κ2) is 6.02. The molecule has 1 aromatic carbocycles. The van der Waals surface area contributed by atoms with E-state index < -0.39 is 0 Å². The quantitative estimate of drug-likeness (QED) is 0.853. The van der Waals surface area contributed by atoms with Crippen molar-refractivity contribution >= 4 is 5.69 Å². The summed E-state index contributed by atoms with van der Waals surface area (Å²) in [4.78, 5) is 2.08. The second-order valence-electron chi connectivity index (χ2n) is 4.95. The number of benzene rings is 1. The smallest absolute Gasteiger partial charge is 0.164 e. The molecule has 5 heteroatoms. The highest BCUT2D eigenvalue weighted by Gasteiger charge is 2.25. The van der Waals surface area contributed by atoms with Crippen molar-refractivity contribution in [2.24, 2.45) is 5.73 Å². The van der Waals surface area contributed by atoms with E-state index in [1.807, 2.05) is 19.2 Å². The Kier molecular flexibility index (Phi) is 4.89. The van der Waals surface area contributed by atoms with Crippen LogP contribution in [0.3, 0.4) is 0 Å². The molecule has 0 saturated heterocycles. The van der Waals surface area contributed by atoms with Crippen molar-refractivity contribution < 1.29 is 14.2 Å². The molecule has 5 nitrogen and oxygen atoms in total. The molecule has 0 aliphatic heterocycles. The van der Waals surface area contributed by atoms with Crippen molar-refractivity contribution in [2.45, 2.75) is 19.4 Å². The lowest BCUT2D eigenvalue weighted by molar-refractivity contribution is 0.348. The molecule has 2 N–H and O–H groups in total. The molecule has 108 valence electrons. The Labute approximate surface area is 115 Å². The molecule has 0 spiro atoms. The highest BCUT2D eigenvalue weighted by atomic mass is 16.5. The molecular formula is C14H24N2O3. The van der Waals surface area contributed by atoms with Crippen LogP contribution in [0.15, 0.2) is 12.1 Å². The van der Waals surface area contributed by atoms with Crippen molar-refractivity contribution in [1.82, 2.24) is 0 Å². The number of nitrogens with two attached hydrogens (primary N) is 1. The normalized spacial score (nSPS) is 11.1. The van der Waals surface area contributed by atoms with Crippen molar-refractivity contribution in [1.29, 1.82) is 0 Å². The molecule has 0 amide bonds. The molecule has 0 aliphatic rings. The summed E-state index contributed by atoms with van der Waals surface area (Å²) < 4.78 is 16.0. The van der Waals surface area contributed by atoms with Crippen LogP contribution in [-0.2, 0) is 0 Å². The zero-order valence-electron chi connectivity index (χ0n) is 12.6. The van der Waals surface area contributed by atoms with Crippen LogP contribution in [0.25, 0.3) is 0 Å². The van der Waals surface area contributed by atoms with Gasteiger partial charge in [0.15, 0.2) is 11.5 Å². The molecule has 0 fully saturated rings. The maximum Gasteiger partial charge on any atom is 0.164 e. The average Bonchev–Trinajstić information content (AvgIpc) is 2.44. The van der Waals surface area contributed by atoms with Gasteiger partial charge in [-0.3, -0.25) is 0 Å². The minimum absolute atomic E-state index is 0.188. The van der Waals surface area contributed by atoms with E-state index in [1.54, 1.807) is 21.3 Å². The van der Waals surface area contributed by atoms with E-state index in [4.69, 9.17) is 19.9 Å². The summed E-state index contributed by atoms with van der Waals surface area (Å²) in [5, 5.41) is 0. The maximum absolute atomic E-state index is 5.82. The zero-order valence-corrected chi connectivity index (χ0v) is 12.6. The first-order chi connectivity index (χ1) is 8.91. The van der Waals surface area contributed by atoms with Gasteiger partial charge in [0, 0.05) is 31.3 Å². The molecule has 0 radical (unpaired) electrons. The number of likely N-dealkylation sites (N-methyl/N-ethyl adjacent to an activating group) is 1. The second-order valence-corrected chi connectivity index (χ2v) is 4.95. The maximum atomic E-state index is 5.82. The summed E-state index contributed by atoms with van der Waals surface area (Å²) in [6.45, 7) is 4.67. The third kappa shape index (κ3) is 3.04. The highest BCUT2D eigenvalue weighted by molar-refractivity contribution is 5.66. The van der Waals surface area contributed by atoms with Crippen molar-refractivity contribution in [3.8, 4) is 17.2 Å². The Hall–Kier alpha value is -1.62. The van der Waals surface area contributed by atoms with Crippen LogP contribution in [0.1, 0.15) is 13.8 Å². The summed E-state index contributed by atoms with van der Waals surface area (Å²) >= 11 is 0. The lowest BCUT2D eigenvalue weighted by Gasteiger charge is -2.37. The molecule has 0 bridgehead atoms. The van der Waals surface area contributed by atoms with E-state index in [9.17, 15) is 0 Å². The Balaban J connectivity index is 3.33. The number of hydrogen-bond acceptors (Lipinski definition) is 5. The van der Waals surface area contributed by atoms with E-state index in [-0.39, 0.29) is 5.54 Å². The molecule has 1 aromatic rings. The lowest BCUT2D eigenvalue weighted by Crippen LogP contribution is -2.47. The summed E-state index contributed by atoms with van der Waals surface area (Å²) in [6, 6.07) is 3.71. The van der Waals surface area contributed by atoms with Gasteiger partial charge in [-0.25, -0.2) is 0 Å². The van der Waals surface area contributed by atoms with E-state index in [1.165, 1.54) is 0 Å². The third-order valence-electron chi connectivity index (χ3n) is 3.45. The molecule has 19 heavy (non-hydrogen) atoms. The third-order valence-corrected chi connectivity index (χ3v) is 3.45. The Morgan fingerprint density at radius 2 is 1.47 bits per heavy atom. The summed E-state index contributed by atoms with van der Waals surface area (Å²) in [7, 11) is 6.83. The molecule has 0 heterocycles. The molecule has 1 rings (SSSR count). The fourth-order valence-electron chi connectivity index (χ4n) is 1.74. The summed E-state index contributed by atoms with van der Waals surface area (Å²) in [6.07, 6.45) is 0. The fraction of sp³-hybridized carbons (Fsp3) is 0.571. The van der Waals surface area contributed by atoms with Gasteiger partial charge in [-0.1, -0.05) is 0 Å². The van der Waals surface area contributed by atoms with Crippen LogP contribution in [-0.4, -0.2) is 40.5 Å². The topological polar surface area (TPSA) is 57.0 Å². The van der Waals surface area contributed by atoms with Crippen molar-refractivity contribution in [3.05, 3.63) is 12.1 Å². The van der Waals surface area contributed by atoms with E-state index in [0.29, 0.717) is 18.0 Å². The molecule has 0 atom stereocenters. The molecule has 0 aliphatic carbocycles. The first-order valence-corrected chi connectivity index (χ1v) is 6.15. The van der Waals surface area contributed by atoms with Crippen LogP contribution < -0.4 is 24.8 Å².